The van der Waals surface area contributed by atoms with Crippen LogP contribution >= 0.6 is 0 Å². The van der Waals surface area contributed by atoms with Gasteiger partial charge in [-0.3, -0.25) is 9.67 Å². The molecule has 1 atom stereocenters. The Kier molecular flexibility index (Phi) is 4.27. The van der Waals surface area contributed by atoms with Gasteiger partial charge in [0.05, 0.1) is 11.9 Å². The predicted octanol–water partition coefficient (Wildman–Crippen LogP) is 2.25. The number of rotatable bonds is 5. The molecule has 0 saturated heterocycles. The average Bonchev–Trinajstić information content (AvgIpc) is 2.76. The molecule has 4 nitrogen and oxygen atoms in total. The third kappa shape index (κ3) is 3.17. The first-order valence-electron chi connectivity index (χ1n) is 6.45. The van der Waals surface area contributed by atoms with Crippen LogP contribution in [0.1, 0.15) is 29.9 Å². The third-order valence-electron chi connectivity index (χ3n) is 3.18. The second kappa shape index (κ2) is 5.93. The Morgan fingerprint density at radius 2 is 2.16 bits per heavy atom. The van der Waals surface area contributed by atoms with Gasteiger partial charge in [0.1, 0.15) is 5.82 Å². The van der Waals surface area contributed by atoms with Crippen molar-refractivity contribution >= 4 is 0 Å². The van der Waals surface area contributed by atoms with Crippen LogP contribution in [0.4, 0.5) is 4.39 Å². The summed E-state index contributed by atoms with van der Waals surface area (Å²) in [6, 6.07) is 3.62. The summed E-state index contributed by atoms with van der Waals surface area (Å²) in [7, 11) is 1.87. The molecule has 0 radical (unpaired) electrons. The minimum atomic E-state index is -0.307. The van der Waals surface area contributed by atoms with Crippen molar-refractivity contribution in [3.63, 3.8) is 0 Å². The number of halogens is 1. The molecule has 0 aliphatic rings. The minimum Gasteiger partial charge on any atom is -0.313 e. The Hall–Kier alpha value is -1.75. The normalized spacial score (nSPS) is 12.6. The molecule has 0 aliphatic heterocycles. The molecule has 0 aliphatic carbocycles. The van der Waals surface area contributed by atoms with Gasteiger partial charge in [-0.1, -0.05) is 0 Å². The van der Waals surface area contributed by atoms with Crippen LogP contribution in [-0.2, 0) is 13.0 Å². The van der Waals surface area contributed by atoms with E-state index in [1.165, 1.54) is 12.3 Å². The Morgan fingerprint density at radius 1 is 1.37 bits per heavy atom. The molecule has 0 aromatic carbocycles. The van der Waals surface area contributed by atoms with E-state index in [0.29, 0.717) is 0 Å². The first kappa shape index (κ1) is 13.7. The number of likely N-dealkylation sites (N-methyl/N-ethyl adjacent to an activating group) is 1. The third-order valence-corrected chi connectivity index (χ3v) is 3.18. The van der Waals surface area contributed by atoms with E-state index in [9.17, 15) is 4.39 Å². The second-order valence-corrected chi connectivity index (χ2v) is 4.57. The first-order valence-corrected chi connectivity index (χ1v) is 6.45. The highest BCUT2D eigenvalue weighted by molar-refractivity contribution is 5.19. The van der Waals surface area contributed by atoms with E-state index in [-0.39, 0.29) is 11.9 Å². The van der Waals surface area contributed by atoms with Crippen molar-refractivity contribution in [3.05, 3.63) is 47.3 Å². The van der Waals surface area contributed by atoms with Crippen LogP contribution in [0, 0.1) is 12.7 Å². The molecule has 2 rings (SSSR count). The summed E-state index contributed by atoms with van der Waals surface area (Å²) in [5.74, 6) is -0.307. The first-order chi connectivity index (χ1) is 9.13. The standard InChI is InChI=1S/C14H19FN4/c1-4-19-13(5-10(2)18-19)7-14(16-3)11-6-12(15)9-17-8-11/h5-6,8-9,14,16H,4,7H2,1-3H3. The van der Waals surface area contributed by atoms with Crippen molar-refractivity contribution in [2.45, 2.75) is 32.9 Å². The highest BCUT2D eigenvalue weighted by atomic mass is 19.1. The predicted molar refractivity (Wildman–Crippen MR) is 72.3 cm³/mol. The van der Waals surface area contributed by atoms with E-state index >= 15 is 0 Å². The monoisotopic (exact) mass is 262 g/mol. The van der Waals surface area contributed by atoms with Crippen molar-refractivity contribution in [3.8, 4) is 0 Å². The van der Waals surface area contributed by atoms with Crippen LogP contribution in [-0.4, -0.2) is 21.8 Å². The summed E-state index contributed by atoms with van der Waals surface area (Å²) < 4.78 is 15.2. The van der Waals surface area contributed by atoms with Gasteiger partial charge >= 0.3 is 0 Å². The maximum absolute atomic E-state index is 13.2. The topological polar surface area (TPSA) is 42.7 Å². The fraction of sp³-hybridized carbons (Fsp3) is 0.429. The molecule has 1 N–H and O–H groups in total. The molecule has 0 spiro atoms. The fourth-order valence-electron chi connectivity index (χ4n) is 2.25. The van der Waals surface area contributed by atoms with Crippen molar-refractivity contribution in [2.75, 3.05) is 7.05 Å². The van der Waals surface area contributed by atoms with E-state index < -0.39 is 0 Å². The average molecular weight is 262 g/mol. The molecule has 5 heteroatoms. The molecule has 19 heavy (non-hydrogen) atoms. The summed E-state index contributed by atoms with van der Waals surface area (Å²) in [5.41, 5.74) is 3.00. The summed E-state index contributed by atoms with van der Waals surface area (Å²) in [6.45, 7) is 4.88. The van der Waals surface area contributed by atoms with E-state index in [2.05, 4.69) is 28.4 Å². The molecule has 2 aromatic heterocycles. The zero-order valence-electron chi connectivity index (χ0n) is 11.5. The van der Waals surface area contributed by atoms with Crippen LogP contribution in [0.2, 0.25) is 0 Å². The van der Waals surface area contributed by atoms with Crippen LogP contribution in [0.25, 0.3) is 0 Å². The quantitative estimate of drug-likeness (QED) is 0.898. The molecule has 2 heterocycles. The van der Waals surface area contributed by atoms with Gasteiger partial charge in [-0.05, 0) is 38.6 Å². The number of aryl methyl sites for hydroxylation is 2. The molecule has 1 unspecified atom stereocenters. The molecule has 102 valence electrons. The number of nitrogens with zero attached hydrogens (tertiary/aromatic N) is 3. The molecule has 0 amide bonds. The van der Waals surface area contributed by atoms with E-state index in [0.717, 1.165) is 29.9 Å². The van der Waals surface area contributed by atoms with Crippen molar-refractivity contribution in [1.29, 1.82) is 0 Å². The second-order valence-electron chi connectivity index (χ2n) is 4.57. The van der Waals surface area contributed by atoms with Gasteiger partial charge < -0.3 is 5.32 Å². The number of nitrogens with one attached hydrogen (secondary N) is 1. The zero-order chi connectivity index (χ0) is 13.8. The maximum atomic E-state index is 13.2. The number of hydrogen-bond donors (Lipinski definition) is 1. The Morgan fingerprint density at radius 3 is 2.79 bits per heavy atom. The van der Waals surface area contributed by atoms with Crippen LogP contribution < -0.4 is 5.32 Å². The van der Waals surface area contributed by atoms with E-state index in [1.807, 2.05) is 18.7 Å². The van der Waals surface area contributed by atoms with Crippen LogP contribution in [0.15, 0.2) is 24.5 Å². The smallest absolute Gasteiger partial charge is 0.141 e. The molecular weight excluding hydrogens is 243 g/mol. The zero-order valence-corrected chi connectivity index (χ0v) is 11.5. The van der Waals surface area contributed by atoms with Gasteiger partial charge in [0.15, 0.2) is 0 Å². The highest BCUT2D eigenvalue weighted by Crippen LogP contribution is 2.18. The van der Waals surface area contributed by atoms with Gasteiger partial charge in [0.2, 0.25) is 0 Å². The van der Waals surface area contributed by atoms with Gasteiger partial charge in [0, 0.05) is 30.9 Å². The summed E-state index contributed by atoms with van der Waals surface area (Å²) >= 11 is 0. The molecule has 0 saturated carbocycles. The molecule has 0 bridgehead atoms. The number of pyridine rings is 1. The van der Waals surface area contributed by atoms with Crippen molar-refractivity contribution in [1.82, 2.24) is 20.1 Å². The van der Waals surface area contributed by atoms with Gasteiger partial charge in [0.25, 0.3) is 0 Å². The molecule has 2 aromatic rings. The van der Waals surface area contributed by atoms with Gasteiger partial charge in [-0.15, -0.1) is 0 Å². The van der Waals surface area contributed by atoms with Gasteiger partial charge in [-0.2, -0.15) is 5.10 Å². The summed E-state index contributed by atoms with van der Waals surface area (Å²) in [4.78, 5) is 3.91. The lowest BCUT2D eigenvalue weighted by molar-refractivity contribution is 0.534. The lowest BCUT2D eigenvalue weighted by atomic mass is 10.0. The fourth-order valence-corrected chi connectivity index (χ4v) is 2.25. The van der Waals surface area contributed by atoms with E-state index in [1.54, 1.807) is 6.20 Å². The van der Waals surface area contributed by atoms with Crippen molar-refractivity contribution < 1.29 is 4.39 Å². The summed E-state index contributed by atoms with van der Waals surface area (Å²) in [6.07, 6.45) is 3.68. The Labute approximate surface area is 112 Å². The number of aromatic nitrogens is 3. The Balaban J connectivity index is 2.23. The van der Waals surface area contributed by atoms with Crippen LogP contribution in [0.3, 0.4) is 0 Å². The lowest BCUT2D eigenvalue weighted by Gasteiger charge is -2.16. The van der Waals surface area contributed by atoms with Gasteiger partial charge in [-0.25, -0.2) is 4.39 Å². The van der Waals surface area contributed by atoms with E-state index in [4.69, 9.17) is 0 Å². The molecule has 0 fully saturated rings. The Bertz CT molecular complexity index is 550. The molecular formula is C14H19FN4. The van der Waals surface area contributed by atoms with Crippen molar-refractivity contribution in [2.24, 2.45) is 0 Å². The number of hydrogen-bond acceptors (Lipinski definition) is 3. The summed E-state index contributed by atoms with van der Waals surface area (Å²) in [5, 5.41) is 7.63. The minimum absolute atomic E-state index is 0.0320. The largest absolute Gasteiger partial charge is 0.313 e. The highest BCUT2D eigenvalue weighted by Gasteiger charge is 2.14. The maximum Gasteiger partial charge on any atom is 0.141 e. The van der Waals surface area contributed by atoms with Crippen LogP contribution in [0.5, 0.6) is 0 Å². The SMILES string of the molecule is CCn1nc(C)cc1CC(NC)c1cncc(F)c1. The lowest BCUT2D eigenvalue weighted by Crippen LogP contribution is -2.20.